The zero-order chi connectivity index (χ0) is 19.2. The molecule has 0 aliphatic heterocycles. The second-order valence-electron chi connectivity index (χ2n) is 6.30. The first-order chi connectivity index (χ1) is 12.3. The van der Waals surface area contributed by atoms with Gasteiger partial charge in [0, 0.05) is 6.07 Å². The molecule has 1 heterocycles. The van der Waals surface area contributed by atoms with Crippen LogP contribution >= 0.6 is 0 Å². The number of benzene rings is 1. The molecule has 0 aliphatic rings. The molecule has 8 nitrogen and oxygen atoms in total. The number of hydrogen-bond donors (Lipinski definition) is 2. The summed E-state index contributed by atoms with van der Waals surface area (Å²) in [5.41, 5.74) is 3.76. The quantitative estimate of drug-likeness (QED) is 0.811. The second-order valence-corrected chi connectivity index (χ2v) is 6.30. The number of ether oxygens (including phenoxy) is 2. The minimum absolute atomic E-state index is 0.0788. The maximum absolute atomic E-state index is 12.2. The van der Waals surface area contributed by atoms with E-state index >= 15 is 0 Å². The summed E-state index contributed by atoms with van der Waals surface area (Å²) in [4.78, 5) is 35.8. The summed E-state index contributed by atoms with van der Waals surface area (Å²) in [6, 6.07) is 10.3. The molecule has 2 N–H and O–H groups in total. The third-order valence-corrected chi connectivity index (χ3v) is 2.94. The van der Waals surface area contributed by atoms with E-state index in [1.807, 2.05) is 30.3 Å². The fraction of sp³-hybridized carbons (Fsp3) is 0.278. The number of rotatable bonds is 4. The first-order valence-corrected chi connectivity index (χ1v) is 7.84. The van der Waals surface area contributed by atoms with Gasteiger partial charge in [0.1, 0.15) is 12.2 Å². The van der Waals surface area contributed by atoms with Gasteiger partial charge in [-0.1, -0.05) is 30.3 Å². The first kappa shape index (κ1) is 19.0. The Morgan fingerprint density at radius 3 is 2.42 bits per heavy atom. The lowest BCUT2D eigenvalue weighted by atomic mass is 10.2. The summed E-state index contributed by atoms with van der Waals surface area (Å²) >= 11 is 0. The first-order valence-electron chi connectivity index (χ1n) is 7.84. The van der Waals surface area contributed by atoms with Crippen LogP contribution in [0.15, 0.2) is 51.9 Å². The highest BCUT2D eigenvalue weighted by molar-refractivity contribution is 5.94. The van der Waals surface area contributed by atoms with Gasteiger partial charge < -0.3 is 13.9 Å². The lowest BCUT2D eigenvalue weighted by Crippen LogP contribution is -2.44. The van der Waals surface area contributed by atoms with Crippen LogP contribution in [0.5, 0.6) is 5.75 Å². The van der Waals surface area contributed by atoms with Crippen LogP contribution in [0.4, 0.5) is 4.79 Å². The molecule has 2 amide bonds. The van der Waals surface area contributed by atoms with Gasteiger partial charge >= 0.3 is 12.0 Å². The maximum Gasteiger partial charge on any atom is 0.426 e. The molecule has 0 fully saturated rings. The molecule has 0 unspecified atom stereocenters. The van der Waals surface area contributed by atoms with Crippen LogP contribution in [-0.4, -0.2) is 17.6 Å². The maximum atomic E-state index is 12.2. The minimum atomic E-state index is -0.851. The molecule has 0 saturated heterocycles. The molecular weight excluding hydrogens is 340 g/mol. The third kappa shape index (κ3) is 5.66. The summed E-state index contributed by atoms with van der Waals surface area (Å²) < 4.78 is 15.5. The minimum Gasteiger partial charge on any atom is -0.481 e. The van der Waals surface area contributed by atoms with E-state index in [1.54, 1.807) is 20.8 Å². The Morgan fingerprint density at radius 1 is 1.08 bits per heavy atom. The van der Waals surface area contributed by atoms with Gasteiger partial charge in [-0.3, -0.25) is 15.0 Å². The summed E-state index contributed by atoms with van der Waals surface area (Å²) in [5, 5.41) is 0. The van der Waals surface area contributed by atoms with E-state index in [9.17, 15) is 14.4 Å². The molecule has 0 saturated carbocycles. The SMILES string of the molecule is CC(C)(C)OC(=O)NNC(=O)c1occc(=O)c1OCc1ccccc1. The Kier molecular flexibility index (Phi) is 6.00. The topological polar surface area (TPSA) is 107 Å². The van der Waals surface area contributed by atoms with Gasteiger partial charge in [-0.2, -0.15) is 0 Å². The van der Waals surface area contributed by atoms with Crippen LogP contribution in [0.1, 0.15) is 36.9 Å². The van der Waals surface area contributed by atoms with Crippen molar-refractivity contribution < 1.29 is 23.5 Å². The number of carbonyl (C=O) groups is 2. The third-order valence-electron chi connectivity index (χ3n) is 2.94. The number of amides is 2. The Labute approximate surface area is 150 Å². The molecule has 2 rings (SSSR count). The number of nitrogens with one attached hydrogen (secondary N) is 2. The fourth-order valence-electron chi connectivity index (χ4n) is 1.90. The van der Waals surface area contributed by atoms with Crippen molar-refractivity contribution in [3.05, 3.63) is 64.2 Å². The molecule has 2 aromatic rings. The van der Waals surface area contributed by atoms with Crippen molar-refractivity contribution in [3.63, 3.8) is 0 Å². The summed E-state index contributed by atoms with van der Waals surface area (Å²) in [6.45, 7) is 5.12. The van der Waals surface area contributed by atoms with E-state index in [1.165, 1.54) is 0 Å². The highest BCUT2D eigenvalue weighted by atomic mass is 16.6. The van der Waals surface area contributed by atoms with Crippen molar-refractivity contribution in [1.29, 1.82) is 0 Å². The Morgan fingerprint density at radius 2 is 1.77 bits per heavy atom. The molecular formula is C18H20N2O6. The molecule has 0 aliphatic carbocycles. The fourth-order valence-corrected chi connectivity index (χ4v) is 1.90. The Hall–Kier alpha value is -3.29. The number of hydrogen-bond acceptors (Lipinski definition) is 6. The molecule has 0 atom stereocenters. The van der Waals surface area contributed by atoms with Crippen LogP contribution in [-0.2, 0) is 11.3 Å². The molecule has 1 aromatic heterocycles. The lowest BCUT2D eigenvalue weighted by molar-refractivity contribution is 0.0479. The average Bonchev–Trinajstić information content (AvgIpc) is 2.58. The predicted octanol–water partition coefficient (Wildman–Crippen LogP) is 2.39. The summed E-state index contributed by atoms with van der Waals surface area (Å²) in [5.74, 6) is -1.46. The van der Waals surface area contributed by atoms with E-state index in [0.717, 1.165) is 17.9 Å². The smallest absolute Gasteiger partial charge is 0.426 e. The van der Waals surface area contributed by atoms with Gasteiger partial charge in [0.25, 0.3) is 0 Å². The van der Waals surface area contributed by atoms with Crippen LogP contribution in [0.3, 0.4) is 0 Å². The van der Waals surface area contributed by atoms with E-state index in [4.69, 9.17) is 13.9 Å². The van der Waals surface area contributed by atoms with E-state index in [-0.39, 0.29) is 18.1 Å². The Balaban J connectivity index is 2.06. The molecule has 0 radical (unpaired) electrons. The largest absolute Gasteiger partial charge is 0.481 e. The molecule has 26 heavy (non-hydrogen) atoms. The monoisotopic (exact) mass is 360 g/mol. The van der Waals surface area contributed by atoms with Gasteiger partial charge in [0.05, 0.1) is 6.26 Å². The van der Waals surface area contributed by atoms with Crippen molar-refractivity contribution >= 4 is 12.0 Å². The normalized spacial score (nSPS) is 10.7. The highest BCUT2D eigenvalue weighted by Crippen LogP contribution is 2.14. The van der Waals surface area contributed by atoms with Gasteiger partial charge in [-0.15, -0.1) is 0 Å². The van der Waals surface area contributed by atoms with Gasteiger partial charge in [0.2, 0.25) is 16.9 Å². The molecule has 0 bridgehead atoms. The highest BCUT2D eigenvalue weighted by Gasteiger charge is 2.21. The van der Waals surface area contributed by atoms with Crippen LogP contribution in [0.2, 0.25) is 0 Å². The zero-order valence-electron chi connectivity index (χ0n) is 14.7. The van der Waals surface area contributed by atoms with Crippen LogP contribution in [0, 0.1) is 0 Å². The van der Waals surface area contributed by atoms with Gasteiger partial charge in [-0.25, -0.2) is 10.2 Å². The van der Waals surface area contributed by atoms with Crippen molar-refractivity contribution in [3.8, 4) is 5.75 Å². The van der Waals surface area contributed by atoms with Crippen molar-refractivity contribution in [2.24, 2.45) is 0 Å². The van der Waals surface area contributed by atoms with Gasteiger partial charge in [0.15, 0.2) is 0 Å². The molecule has 0 spiro atoms. The average molecular weight is 360 g/mol. The summed E-state index contributed by atoms with van der Waals surface area (Å²) in [7, 11) is 0. The number of hydrazine groups is 1. The number of carbonyl (C=O) groups excluding carboxylic acids is 2. The van der Waals surface area contributed by atoms with E-state index in [2.05, 4.69) is 10.9 Å². The van der Waals surface area contributed by atoms with Crippen molar-refractivity contribution in [1.82, 2.24) is 10.9 Å². The molecule has 8 heteroatoms. The standard InChI is InChI=1S/C18H20N2O6/c1-18(2,3)26-17(23)20-19-16(22)15-14(13(21)9-10-24-15)25-11-12-7-5-4-6-8-12/h4-10H,11H2,1-3H3,(H,19,22)(H,20,23). The summed E-state index contributed by atoms with van der Waals surface area (Å²) in [6.07, 6.45) is 0.219. The second kappa shape index (κ2) is 8.19. The van der Waals surface area contributed by atoms with Crippen LogP contribution in [0.25, 0.3) is 0 Å². The van der Waals surface area contributed by atoms with Gasteiger partial charge in [-0.05, 0) is 26.3 Å². The Bertz CT molecular complexity index is 824. The van der Waals surface area contributed by atoms with Crippen molar-refractivity contribution in [2.45, 2.75) is 33.0 Å². The van der Waals surface area contributed by atoms with E-state index < -0.39 is 23.0 Å². The lowest BCUT2D eigenvalue weighted by Gasteiger charge is -2.19. The van der Waals surface area contributed by atoms with Crippen LogP contribution < -0.4 is 21.0 Å². The van der Waals surface area contributed by atoms with E-state index in [0.29, 0.717) is 0 Å². The molecule has 138 valence electrons. The van der Waals surface area contributed by atoms with Crippen molar-refractivity contribution in [2.75, 3.05) is 0 Å². The molecule has 1 aromatic carbocycles. The zero-order valence-corrected chi connectivity index (χ0v) is 14.7. The predicted molar refractivity (Wildman–Crippen MR) is 92.6 cm³/mol.